The Morgan fingerprint density at radius 1 is 1.21 bits per heavy atom. The minimum atomic E-state index is -3.52. The number of hydrogen-bond donors (Lipinski definition) is 0. The van der Waals surface area contributed by atoms with Crippen molar-refractivity contribution >= 4 is 10.0 Å². The summed E-state index contributed by atoms with van der Waals surface area (Å²) < 4.78 is 21.1. The highest BCUT2D eigenvalue weighted by molar-refractivity contribution is 7.88. The van der Waals surface area contributed by atoms with Crippen molar-refractivity contribution in [2.75, 3.05) is 45.5 Å². The summed E-state index contributed by atoms with van der Waals surface area (Å²) in [5.41, 5.74) is 0. The second-order valence-corrected chi connectivity index (χ2v) is 5.46. The van der Waals surface area contributed by atoms with Gasteiger partial charge in [0.2, 0.25) is 10.0 Å². The van der Waals surface area contributed by atoms with Crippen LogP contribution in [0.1, 0.15) is 6.42 Å². The molecule has 83 valence electrons. The van der Waals surface area contributed by atoms with E-state index in [0.717, 1.165) is 32.7 Å². The van der Waals surface area contributed by atoms with E-state index in [-0.39, 0.29) is 5.75 Å². The first-order valence-corrected chi connectivity index (χ1v) is 6.51. The molecule has 1 rings (SSSR count). The molecule has 0 unspecified atom stereocenters. The number of nitrogens with zero attached hydrogens (tertiary/aromatic N) is 2. The standard InChI is InChI=1S/C8H18N3O2S/c1-10-4-6-11(7-5-10)3-2-8-14(9,12)13/h9H,2-8H2,1H3. The molecule has 1 fully saturated rings. The molecule has 1 N–H and O–H groups in total. The second-order valence-electron chi connectivity index (χ2n) is 3.82. The highest BCUT2D eigenvalue weighted by Gasteiger charge is 2.13. The number of rotatable bonds is 4. The zero-order chi connectivity index (χ0) is 10.6. The number of piperazine rings is 1. The Balaban J connectivity index is 2.14. The maximum Gasteiger partial charge on any atom is 0.225 e. The molecule has 0 aromatic heterocycles. The average molecular weight is 220 g/mol. The quantitative estimate of drug-likeness (QED) is 0.624. The Morgan fingerprint density at radius 3 is 2.29 bits per heavy atom. The first-order valence-electron chi connectivity index (χ1n) is 4.85. The van der Waals surface area contributed by atoms with E-state index in [4.69, 9.17) is 5.14 Å². The third kappa shape index (κ3) is 4.90. The molecule has 0 atom stereocenters. The molecule has 0 amide bonds. The molecule has 0 aromatic rings. The van der Waals surface area contributed by atoms with Crippen molar-refractivity contribution in [2.45, 2.75) is 6.42 Å². The number of hydrogen-bond acceptors (Lipinski definition) is 4. The van der Waals surface area contributed by atoms with Gasteiger partial charge in [-0.2, -0.15) is 0 Å². The number of likely N-dealkylation sites (N-methyl/N-ethyl adjacent to an activating group) is 1. The van der Waals surface area contributed by atoms with Gasteiger partial charge in [-0.05, 0) is 20.0 Å². The second kappa shape index (κ2) is 5.06. The van der Waals surface area contributed by atoms with E-state index >= 15 is 0 Å². The third-order valence-corrected chi connectivity index (χ3v) is 3.31. The van der Waals surface area contributed by atoms with E-state index in [2.05, 4.69) is 16.8 Å². The molecular weight excluding hydrogens is 202 g/mol. The van der Waals surface area contributed by atoms with Gasteiger partial charge in [0, 0.05) is 26.2 Å². The van der Waals surface area contributed by atoms with Crippen molar-refractivity contribution < 1.29 is 8.42 Å². The van der Waals surface area contributed by atoms with Gasteiger partial charge in [0.05, 0.1) is 5.75 Å². The molecule has 1 heterocycles. The lowest BCUT2D eigenvalue weighted by molar-refractivity contribution is 0.154. The molecule has 1 aliphatic heterocycles. The van der Waals surface area contributed by atoms with Gasteiger partial charge in [-0.15, -0.1) is 5.14 Å². The monoisotopic (exact) mass is 220 g/mol. The van der Waals surface area contributed by atoms with Crippen molar-refractivity contribution in [1.29, 1.82) is 0 Å². The Labute approximate surface area is 85.9 Å². The summed E-state index contributed by atoms with van der Waals surface area (Å²) in [5.74, 6) is -0.0145. The first-order chi connectivity index (χ1) is 6.47. The lowest BCUT2D eigenvalue weighted by Gasteiger charge is -2.32. The number of sulfonamides is 1. The molecule has 0 aliphatic carbocycles. The molecule has 6 heteroatoms. The summed E-state index contributed by atoms with van der Waals surface area (Å²) in [7, 11) is -1.43. The highest BCUT2D eigenvalue weighted by Crippen LogP contribution is 2.00. The minimum absolute atomic E-state index is 0.0145. The van der Waals surface area contributed by atoms with Gasteiger partial charge >= 0.3 is 0 Å². The molecule has 1 aliphatic rings. The molecular formula is C8H18N3O2S. The fourth-order valence-electron chi connectivity index (χ4n) is 1.55. The molecule has 5 nitrogen and oxygen atoms in total. The third-order valence-electron chi connectivity index (χ3n) is 2.48. The van der Waals surface area contributed by atoms with Crippen LogP contribution in [0.25, 0.3) is 0 Å². The molecule has 0 saturated carbocycles. The summed E-state index contributed by atoms with van der Waals surface area (Å²) >= 11 is 0. The molecule has 0 bridgehead atoms. The van der Waals surface area contributed by atoms with E-state index in [1.54, 1.807) is 0 Å². The zero-order valence-electron chi connectivity index (χ0n) is 8.57. The van der Waals surface area contributed by atoms with E-state index in [9.17, 15) is 8.42 Å². The van der Waals surface area contributed by atoms with Crippen LogP contribution in [0.2, 0.25) is 0 Å². The largest absolute Gasteiger partial charge is 0.304 e. The Kier molecular flexibility index (Phi) is 4.31. The van der Waals surface area contributed by atoms with Crippen molar-refractivity contribution in [3.63, 3.8) is 0 Å². The smallest absolute Gasteiger partial charge is 0.225 e. The molecule has 1 radical (unpaired) electrons. The Bertz CT molecular complexity index is 258. The van der Waals surface area contributed by atoms with Crippen molar-refractivity contribution in [1.82, 2.24) is 14.9 Å². The van der Waals surface area contributed by atoms with E-state index < -0.39 is 10.0 Å². The average Bonchev–Trinajstić information content (AvgIpc) is 2.06. The summed E-state index contributed by atoms with van der Waals surface area (Å²) in [6, 6.07) is 0. The summed E-state index contributed by atoms with van der Waals surface area (Å²) in [6.45, 7) is 4.91. The van der Waals surface area contributed by atoms with Crippen LogP contribution in [0.3, 0.4) is 0 Å². The van der Waals surface area contributed by atoms with Crippen LogP contribution in [0.4, 0.5) is 0 Å². The molecule has 0 aromatic carbocycles. The summed E-state index contributed by atoms with van der Waals surface area (Å²) in [5, 5.41) is 6.73. The van der Waals surface area contributed by atoms with Gasteiger partial charge in [-0.25, -0.2) is 8.42 Å². The van der Waals surface area contributed by atoms with Crippen LogP contribution in [0.15, 0.2) is 0 Å². The van der Waals surface area contributed by atoms with E-state index in [1.807, 2.05) is 0 Å². The van der Waals surface area contributed by atoms with Gasteiger partial charge in [-0.3, -0.25) is 0 Å². The van der Waals surface area contributed by atoms with Crippen molar-refractivity contribution in [3.8, 4) is 0 Å². The predicted molar refractivity (Wildman–Crippen MR) is 55.4 cm³/mol. The van der Waals surface area contributed by atoms with Gasteiger partial charge in [0.15, 0.2) is 0 Å². The van der Waals surface area contributed by atoms with Crippen molar-refractivity contribution in [2.24, 2.45) is 0 Å². The zero-order valence-corrected chi connectivity index (χ0v) is 9.39. The van der Waals surface area contributed by atoms with Crippen LogP contribution >= 0.6 is 0 Å². The van der Waals surface area contributed by atoms with Gasteiger partial charge < -0.3 is 9.80 Å². The number of nitrogens with one attached hydrogen (secondary N) is 1. The topological polar surface area (TPSA) is 64.4 Å². The Morgan fingerprint density at radius 2 is 1.79 bits per heavy atom. The minimum Gasteiger partial charge on any atom is -0.304 e. The maximum absolute atomic E-state index is 10.6. The molecule has 14 heavy (non-hydrogen) atoms. The van der Waals surface area contributed by atoms with Crippen molar-refractivity contribution in [3.05, 3.63) is 0 Å². The Hall–Kier alpha value is -0.170. The summed E-state index contributed by atoms with van der Waals surface area (Å²) in [6.07, 6.45) is 0.579. The molecule has 1 saturated heterocycles. The normalized spacial score (nSPS) is 21.3. The van der Waals surface area contributed by atoms with Crippen LogP contribution in [-0.4, -0.2) is 63.7 Å². The fourth-order valence-corrected chi connectivity index (χ4v) is 2.06. The molecule has 0 spiro atoms. The van der Waals surface area contributed by atoms with Crippen LogP contribution < -0.4 is 5.14 Å². The SMILES string of the molecule is CN1CCN(CCCS([NH])(=O)=O)CC1. The van der Waals surface area contributed by atoms with Gasteiger partial charge in [0.25, 0.3) is 0 Å². The lowest BCUT2D eigenvalue weighted by Crippen LogP contribution is -2.44. The fraction of sp³-hybridized carbons (Fsp3) is 1.00. The van der Waals surface area contributed by atoms with Gasteiger partial charge in [-0.1, -0.05) is 0 Å². The summed E-state index contributed by atoms with van der Waals surface area (Å²) in [4.78, 5) is 4.52. The predicted octanol–water partition coefficient (Wildman–Crippen LogP) is -0.763. The lowest BCUT2D eigenvalue weighted by atomic mass is 10.3. The van der Waals surface area contributed by atoms with E-state index in [1.165, 1.54) is 0 Å². The van der Waals surface area contributed by atoms with Crippen LogP contribution in [0, 0.1) is 0 Å². The highest BCUT2D eigenvalue weighted by atomic mass is 32.2. The van der Waals surface area contributed by atoms with Gasteiger partial charge in [0.1, 0.15) is 0 Å². The van der Waals surface area contributed by atoms with Crippen LogP contribution in [0.5, 0.6) is 0 Å². The van der Waals surface area contributed by atoms with Crippen LogP contribution in [-0.2, 0) is 10.0 Å². The first kappa shape index (κ1) is 11.9. The maximum atomic E-state index is 10.6. The van der Waals surface area contributed by atoms with E-state index in [0.29, 0.717) is 6.42 Å².